The van der Waals surface area contributed by atoms with Crippen LogP contribution in [-0.2, 0) is 14.8 Å². The van der Waals surface area contributed by atoms with Crippen molar-refractivity contribution in [2.24, 2.45) is 0 Å². The zero-order valence-corrected chi connectivity index (χ0v) is 15.7. The van der Waals surface area contributed by atoms with Crippen LogP contribution in [0.25, 0.3) is 0 Å². The van der Waals surface area contributed by atoms with Crippen LogP contribution in [0.1, 0.15) is 29.7 Å². The summed E-state index contributed by atoms with van der Waals surface area (Å²) in [5, 5.41) is 9.62. The van der Waals surface area contributed by atoms with Crippen molar-refractivity contribution < 1.29 is 18.3 Å². The van der Waals surface area contributed by atoms with E-state index in [0.717, 1.165) is 11.1 Å². The first kappa shape index (κ1) is 18.4. The standard InChI is InChI=1S/C20H21NO4S/c1-13-4-8-16(9-5-13)19-18(20(22)23)12-15(3)21(19)26(24,25)17-10-6-14(2)7-11-17/h4-12,15,19H,1-3H3,(H,22,23)/t15-,19+/m0/s1. The van der Waals surface area contributed by atoms with E-state index in [1.807, 2.05) is 26.0 Å². The van der Waals surface area contributed by atoms with Crippen LogP contribution in [0.2, 0.25) is 0 Å². The summed E-state index contributed by atoms with van der Waals surface area (Å²) in [5.41, 5.74) is 2.70. The highest BCUT2D eigenvalue weighted by Gasteiger charge is 2.44. The van der Waals surface area contributed by atoms with Crippen molar-refractivity contribution in [3.8, 4) is 0 Å². The van der Waals surface area contributed by atoms with Gasteiger partial charge in [0.15, 0.2) is 0 Å². The Morgan fingerprint density at radius 3 is 1.96 bits per heavy atom. The van der Waals surface area contributed by atoms with Gasteiger partial charge in [-0.3, -0.25) is 0 Å². The van der Waals surface area contributed by atoms with Crippen LogP contribution in [0.15, 0.2) is 65.1 Å². The number of rotatable bonds is 4. The van der Waals surface area contributed by atoms with Crippen molar-refractivity contribution in [3.63, 3.8) is 0 Å². The Labute approximate surface area is 153 Å². The molecule has 0 fully saturated rings. The van der Waals surface area contributed by atoms with E-state index in [4.69, 9.17) is 0 Å². The Balaban J connectivity index is 2.13. The number of carboxylic acids is 1. The molecular formula is C20H21NO4S. The summed E-state index contributed by atoms with van der Waals surface area (Å²) in [7, 11) is -3.86. The van der Waals surface area contributed by atoms with Crippen LogP contribution in [-0.4, -0.2) is 29.8 Å². The number of nitrogens with zero attached hydrogens (tertiary/aromatic N) is 1. The number of hydrogen-bond acceptors (Lipinski definition) is 3. The molecule has 0 aliphatic carbocycles. The second kappa shape index (κ2) is 6.70. The van der Waals surface area contributed by atoms with Gasteiger partial charge in [0.1, 0.15) is 0 Å². The fourth-order valence-corrected chi connectivity index (χ4v) is 4.98. The minimum atomic E-state index is -3.86. The van der Waals surface area contributed by atoms with Crippen LogP contribution in [0.5, 0.6) is 0 Å². The van der Waals surface area contributed by atoms with Gasteiger partial charge in [-0.2, -0.15) is 4.31 Å². The van der Waals surface area contributed by atoms with Crippen LogP contribution in [0, 0.1) is 13.8 Å². The molecule has 1 aliphatic heterocycles. The number of sulfonamides is 1. The van der Waals surface area contributed by atoms with Crippen LogP contribution in [0.3, 0.4) is 0 Å². The summed E-state index contributed by atoms with van der Waals surface area (Å²) in [6.45, 7) is 5.51. The average molecular weight is 371 g/mol. The van der Waals surface area contributed by atoms with Crippen LogP contribution < -0.4 is 0 Å². The predicted octanol–water partition coefficient (Wildman–Crippen LogP) is 3.45. The molecule has 0 amide bonds. The minimum Gasteiger partial charge on any atom is -0.478 e. The minimum absolute atomic E-state index is 0.0806. The SMILES string of the molecule is Cc1ccc([C@@H]2C(C(=O)O)=C[C@H](C)N2S(=O)(=O)c2ccc(C)cc2)cc1. The maximum Gasteiger partial charge on any atom is 0.333 e. The summed E-state index contributed by atoms with van der Waals surface area (Å²) in [6.07, 6.45) is 1.51. The lowest BCUT2D eigenvalue weighted by Crippen LogP contribution is -2.37. The van der Waals surface area contributed by atoms with Gasteiger partial charge in [0, 0.05) is 6.04 Å². The molecule has 5 nitrogen and oxygen atoms in total. The summed E-state index contributed by atoms with van der Waals surface area (Å²) >= 11 is 0. The van der Waals surface area contributed by atoms with Crippen LogP contribution in [0.4, 0.5) is 0 Å². The molecule has 26 heavy (non-hydrogen) atoms. The zero-order valence-electron chi connectivity index (χ0n) is 14.9. The van der Waals surface area contributed by atoms with E-state index >= 15 is 0 Å². The second-order valence-corrected chi connectivity index (χ2v) is 8.47. The molecule has 0 aromatic heterocycles. The molecule has 2 aromatic rings. The van der Waals surface area contributed by atoms with Gasteiger partial charge in [-0.05, 0) is 38.5 Å². The molecule has 3 rings (SSSR count). The van der Waals surface area contributed by atoms with E-state index in [1.54, 1.807) is 43.3 Å². The molecule has 1 N–H and O–H groups in total. The van der Waals surface area contributed by atoms with Crippen LogP contribution >= 0.6 is 0 Å². The zero-order chi connectivity index (χ0) is 19.1. The first-order valence-electron chi connectivity index (χ1n) is 8.33. The lowest BCUT2D eigenvalue weighted by Gasteiger charge is -2.29. The molecule has 0 bridgehead atoms. The summed E-state index contributed by atoms with van der Waals surface area (Å²) in [6, 6.07) is 12.5. The Bertz CT molecular complexity index is 960. The monoisotopic (exact) mass is 371 g/mol. The number of carbonyl (C=O) groups is 1. The van der Waals surface area contributed by atoms with Crippen molar-refractivity contribution in [1.82, 2.24) is 4.31 Å². The number of benzene rings is 2. The van der Waals surface area contributed by atoms with Crippen molar-refractivity contribution in [3.05, 3.63) is 76.9 Å². The number of hydrogen-bond donors (Lipinski definition) is 1. The predicted molar refractivity (Wildman–Crippen MR) is 99.3 cm³/mol. The molecule has 0 radical (unpaired) electrons. The maximum atomic E-state index is 13.3. The van der Waals surface area contributed by atoms with Gasteiger partial charge in [-0.1, -0.05) is 53.6 Å². The quantitative estimate of drug-likeness (QED) is 0.893. The number of aliphatic carboxylic acids is 1. The van der Waals surface area contributed by atoms with Gasteiger partial charge >= 0.3 is 5.97 Å². The Kier molecular flexibility index (Phi) is 4.73. The summed E-state index contributed by atoms with van der Waals surface area (Å²) < 4.78 is 27.8. The third-order valence-electron chi connectivity index (χ3n) is 4.61. The van der Waals surface area contributed by atoms with E-state index in [1.165, 1.54) is 10.4 Å². The first-order valence-corrected chi connectivity index (χ1v) is 9.77. The Morgan fingerprint density at radius 2 is 1.46 bits per heavy atom. The molecule has 136 valence electrons. The molecule has 2 aromatic carbocycles. The lowest BCUT2D eigenvalue weighted by molar-refractivity contribution is -0.133. The Hall–Kier alpha value is -2.44. The van der Waals surface area contributed by atoms with E-state index in [-0.39, 0.29) is 10.5 Å². The van der Waals surface area contributed by atoms with Crippen molar-refractivity contribution in [2.75, 3.05) is 0 Å². The fraction of sp³-hybridized carbons (Fsp3) is 0.250. The van der Waals surface area contributed by atoms with Gasteiger partial charge in [0.05, 0.1) is 16.5 Å². The third kappa shape index (κ3) is 3.18. The molecule has 0 unspecified atom stereocenters. The highest BCUT2D eigenvalue weighted by molar-refractivity contribution is 7.89. The van der Waals surface area contributed by atoms with Crippen molar-refractivity contribution >= 4 is 16.0 Å². The van der Waals surface area contributed by atoms with E-state index in [2.05, 4.69) is 0 Å². The lowest BCUT2D eigenvalue weighted by atomic mass is 10.00. The number of aryl methyl sites for hydroxylation is 2. The number of carboxylic acid groups (broad SMARTS) is 1. The average Bonchev–Trinajstić information content (AvgIpc) is 2.94. The van der Waals surface area contributed by atoms with Gasteiger partial charge < -0.3 is 5.11 Å². The molecule has 0 saturated heterocycles. The molecular weight excluding hydrogens is 350 g/mol. The molecule has 1 aliphatic rings. The van der Waals surface area contributed by atoms with Crippen molar-refractivity contribution in [1.29, 1.82) is 0 Å². The smallest absolute Gasteiger partial charge is 0.333 e. The summed E-state index contributed by atoms with van der Waals surface area (Å²) in [4.78, 5) is 11.9. The van der Waals surface area contributed by atoms with Gasteiger partial charge in [-0.15, -0.1) is 0 Å². The topological polar surface area (TPSA) is 74.7 Å². The Morgan fingerprint density at radius 1 is 0.962 bits per heavy atom. The summed E-state index contributed by atoms with van der Waals surface area (Å²) in [5.74, 6) is -1.11. The fourth-order valence-electron chi connectivity index (χ4n) is 3.25. The van der Waals surface area contributed by atoms with E-state index < -0.39 is 28.1 Å². The molecule has 0 spiro atoms. The van der Waals surface area contributed by atoms with Crippen molar-refractivity contribution in [2.45, 2.75) is 37.8 Å². The molecule has 6 heteroatoms. The highest BCUT2D eigenvalue weighted by atomic mass is 32.2. The van der Waals surface area contributed by atoms with Gasteiger partial charge in [0.25, 0.3) is 0 Å². The van der Waals surface area contributed by atoms with Gasteiger partial charge in [0.2, 0.25) is 10.0 Å². The molecule has 0 saturated carbocycles. The first-order chi connectivity index (χ1) is 12.2. The second-order valence-electron chi connectivity index (χ2n) is 6.63. The third-order valence-corrected chi connectivity index (χ3v) is 6.57. The highest BCUT2D eigenvalue weighted by Crippen LogP contribution is 2.40. The van der Waals surface area contributed by atoms with Gasteiger partial charge in [-0.25, -0.2) is 13.2 Å². The molecule has 2 atom stereocenters. The maximum absolute atomic E-state index is 13.3. The molecule has 1 heterocycles. The van der Waals surface area contributed by atoms with E-state index in [0.29, 0.717) is 5.56 Å². The van der Waals surface area contributed by atoms with E-state index in [9.17, 15) is 18.3 Å². The normalized spacial score (nSPS) is 20.8. The largest absolute Gasteiger partial charge is 0.478 e.